The average Bonchev–Trinajstić information content (AvgIpc) is 2.95. The Morgan fingerprint density at radius 3 is 2.40 bits per heavy atom. The summed E-state index contributed by atoms with van der Waals surface area (Å²) < 4.78 is 7.68. The minimum absolute atomic E-state index is 0.147. The monoisotopic (exact) mass is 340 g/mol. The third-order valence-corrected chi connectivity index (χ3v) is 5.45. The lowest BCUT2D eigenvalue weighted by molar-refractivity contribution is 0.0350. The zero-order valence-electron chi connectivity index (χ0n) is 15.7. The van der Waals surface area contributed by atoms with Crippen LogP contribution in [0.15, 0.2) is 36.4 Å². The molecule has 0 bridgehead atoms. The highest BCUT2D eigenvalue weighted by Crippen LogP contribution is 2.27. The van der Waals surface area contributed by atoms with E-state index in [0.29, 0.717) is 0 Å². The first-order valence-corrected chi connectivity index (χ1v) is 9.08. The van der Waals surface area contributed by atoms with Crippen LogP contribution in [0.25, 0.3) is 0 Å². The summed E-state index contributed by atoms with van der Waals surface area (Å²) in [5.41, 5.74) is 4.26. The van der Waals surface area contributed by atoms with Gasteiger partial charge in [-0.05, 0) is 45.2 Å². The molecule has 0 aliphatic carbocycles. The molecule has 0 saturated carbocycles. The maximum Gasteiger partial charge on any atom is 0.255 e. The highest BCUT2D eigenvalue weighted by Gasteiger charge is 2.27. The van der Waals surface area contributed by atoms with Gasteiger partial charge in [-0.3, -0.25) is 4.79 Å². The molecule has 1 aliphatic heterocycles. The maximum atomic E-state index is 13.0. The largest absolute Gasteiger partial charge is 0.381 e. The van der Waals surface area contributed by atoms with Crippen molar-refractivity contribution in [1.29, 1.82) is 0 Å². The van der Waals surface area contributed by atoms with E-state index in [1.54, 1.807) is 7.11 Å². The van der Waals surface area contributed by atoms with Gasteiger partial charge in [-0.25, -0.2) is 0 Å². The van der Waals surface area contributed by atoms with Crippen molar-refractivity contribution in [2.75, 3.05) is 20.2 Å². The summed E-state index contributed by atoms with van der Waals surface area (Å²) in [7, 11) is 1.75. The van der Waals surface area contributed by atoms with Crippen molar-refractivity contribution in [3.05, 3.63) is 58.9 Å². The van der Waals surface area contributed by atoms with Crippen molar-refractivity contribution in [1.82, 2.24) is 9.47 Å². The SMILES string of the molecule is COC1CCN(C(=O)c2cc(C)n([C@H](C)c3ccccc3)c2C)CC1. The molecule has 1 aromatic carbocycles. The van der Waals surface area contributed by atoms with Gasteiger partial charge in [-0.15, -0.1) is 0 Å². The minimum atomic E-state index is 0.147. The number of ether oxygens (including phenoxy) is 1. The Kier molecular flexibility index (Phi) is 5.28. The fourth-order valence-corrected chi connectivity index (χ4v) is 3.94. The molecule has 25 heavy (non-hydrogen) atoms. The molecule has 4 nitrogen and oxygen atoms in total. The number of likely N-dealkylation sites (tertiary alicyclic amines) is 1. The summed E-state index contributed by atoms with van der Waals surface area (Å²) >= 11 is 0. The van der Waals surface area contributed by atoms with Crippen LogP contribution in [0, 0.1) is 13.8 Å². The van der Waals surface area contributed by atoms with Crippen LogP contribution in [0.4, 0.5) is 0 Å². The van der Waals surface area contributed by atoms with Crippen molar-refractivity contribution in [2.45, 2.75) is 45.8 Å². The molecule has 2 aromatic rings. The van der Waals surface area contributed by atoms with Crippen molar-refractivity contribution in [3.8, 4) is 0 Å². The van der Waals surface area contributed by atoms with E-state index in [0.717, 1.165) is 42.9 Å². The first-order valence-electron chi connectivity index (χ1n) is 9.08. The highest BCUT2D eigenvalue weighted by atomic mass is 16.5. The Balaban J connectivity index is 1.83. The lowest BCUT2D eigenvalue weighted by Crippen LogP contribution is -2.40. The predicted molar refractivity (Wildman–Crippen MR) is 100 cm³/mol. The number of hydrogen-bond donors (Lipinski definition) is 0. The molecule has 1 fully saturated rings. The molecule has 1 saturated heterocycles. The van der Waals surface area contributed by atoms with Gasteiger partial charge in [-0.2, -0.15) is 0 Å². The molecular weight excluding hydrogens is 312 g/mol. The molecule has 2 heterocycles. The molecular formula is C21H28N2O2. The Morgan fingerprint density at radius 1 is 1.16 bits per heavy atom. The molecule has 1 amide bonds. The molecule has 0 unspecified atom stereocenters. The third kappa shape index (κ3) is 3.49. The van der Waals surface area contributed by atoms with Gasteiger partial charge in [0, 0.05) is 31.6 Å². The number of piperidine rings is 1. The van der Waals surface area contributed by atoms with Gasteiger partial charge in [0.2, 0.25) is 0 Å². The van der Waals surface area contributed by atoms with E-state index < -0.39 is 0 Å². The zero-order chi connectivity index (χ0) is 18.0. The highest BCUT2D eigenvalue weighted by molar-refractivity contribution is 5.95. The summed E-state index contributed by atoms with van der Waals surface area (Å²) in [6, 6.07) is 12.7. The molecule has 0 spiro atoms. The molecule has 134 valence electrons. The maximum absolute atomic E-state index is 13.0. The van der Waals surface area contributed by atoms with E-state index in [9.17, 15) is 4.79 Å². The van der Waals surface area contributed by atoms with E-state index in [1.807, 2.05) is 17.0 Å². The second kappa shape index (κ2) is 7.44. The third-order valence-electron chi connectivity index (χ3n) is 5.45. The van der Waals surface area contributed by atoms with E-state index in [-0.39, 0.29) is 18.1 Å². The predicted octanol–water partition coefficient (Wildman–Crippen LogP) is 3.97. The van der Waals surface area contributed by atoms with Crippen LogP contribution in [-0.2, 0) is 4.74 Å². The van der Waals surface area contributed by atoms with Crippen LogP contribution in [0.2, 0.25) is 0 Å². The molecule has 1 atom stereocenters. The van der Waals surface area contributed by atoms with Crippen LogP contribution in [-0.4, -0.2) is 41.7 Å². The van der Waals surface area contributed by atoms with Crippen LogP contribution in [0.3, 0.4) is 0 Å². The quantitative estimate of drug-likeness (QED) is 0.844. The fraction of sp³-hybridized carbons (Fsp3) is 0.476. The summed E-state index contributed by atoms with van der Waals surface area (Å²) in [6.07, 6.45) is 2.12. The smallest absolute Gasteiger partial charge is 0.255 e. The van der Waals surface area contributed by atoms with E-state index in [4.69, 9.17) is 4.74 Å². The average molecular weight is 340 g/mol. The first-order chi connectivity index (χ1) is 12.0. The molecule has 0 N–H and O–H groups in total. The second-order valence-corrected chi connectivity index (χ2v) is 6.97. The number of hydrogen-bond acceptors (Lipinski definition) is 2. The number of carbonyl (C=O) groups excluding carboxylic acids is 1. The molecule has 1 aliphatic rings. The Bertz CT molecular complexity index is 728. The van der Waals surface area contributed by atoms with Gasteiger partial charge in [0.15, 0.2) is 0 Å². The standard InChI is InChI=1S/C21H28N2O2/c1-15-14-20(21(24)22-12-10-19(25-4)11-13-22)17(3)23(15)16(2)18-8-6-5-7-9-18/h5-9,14,16,19H,10-13H2,1-4H3/t16-/m1/s1. The Hall–Kier alpha value is -2.07. The van der Waals surface area contributed by atoms with Crippen LogP contribution < -0.4 is 0 Å². The lowest BCUT2D eigenvalue weighted by Gasteiger charge is -2.31. The summed E-state index contributed by atoms with van der Waals surface area (Å²) in [6.45, 7) is 7.88. The van der Waals surface area contributed by atoms with Crippen molar-refractivity contribution in [3.63, 3.8) is 0 Å². The van der Waals surface area contributed by atoms with Crippen LogP contribution in [0.1, 0.15) is 53.1 Å². The number of benzene rings is 1. The lowest BCUT2D eigenvalue weighted by atomic mass is 10.1. The number of amides is 1. The number of rotatable bonds is 4. The van der Waals surface area contributed by atoms with Gasteiger partial charge in [-0.1, -0.05) is 30.3 Å². The summed E-state index contributed by atoms with van der Waals surface area (Å²) in [4.78, 5) is 15.0. The number of aryl methyl sites for hydroxylation is 1. The molecule has 4 heteroatoms. The topological polar surface area (TPSA) is 34.5 Å². The van der Waals surface area contributed by atoms with Gasteiger partial charge >= 0.3 is 0 Å². The number of aromatic nitrogens is 1. The van der Waals surface area contributed by atoms with Crippen LogP contribution in [0.5, 0.6) is 0 Å². The number of nitrogens with zero attached hydrogens (tertiary/aromatic N) is 2. The molecule has 0 radical (unpaired) electrons. The first kappa shape index (κ1) is 17.7. The van der Waals surface area contributed by atoms with Crippen LogP contribution >= 0.6 is 0 Å². The molecule has 1 aromatic heterocycles. The van der Waals surface area contributed by atoms with Gasteiger partial charge in [0.05, 0.1) is 17.7 Å². The van der Waals surface area contributed by atoms with E-state index >= 15 is 0 Å². The van der Waals surface area contributed by atoms with Gasteiger partial charge in [0.25, 0.3) is 5.91 Å². The van der Waals surface area contributed by atoms with Gasteiger partial charge < -0.3 is 14.2 Å². The van der Waals surface area contributed by atoms with Crippen molar-refractivity contribution in [2.24, 2.45) is 0 Å². The Labute approximate surface area is 150 Å². The van der Waals surface area contributed by atoms with E-state index in [1.165, 1.54) is 5.56 Å². The zero-order valence-corrected chi connectivity index (χ0v) is 15.7. The molecule has 3 rings (SSSR count). The Morgan fingerprint density at radius 2 is 1.80 bits per heavy atom. The number of carbonyl (C=O) groups is 1. The number of methoxy groups -OCH3 is 1. The van der Waals surface area contributed by atoms with Gasteiger partial charge in [0.1, 0.15) is 0 Å². The fourth-order valence-electron chi connectivity index (χ4n) is 3.94. The van der Waals surface area contributed by atoms with E-state index in [2.05, 4.69) is 49.6 Å². The van der Waals surface area contributed by atoms with Crippen molar-refractivity contribution >= 4 is 5.91 Å². The normalized spacial score (nSPS) is 16.9. The summed E-state index contributed by atoms with van der Waals surface area (Å²) in [5.74, 6) is 0.147. The van der Waals surface area contributed by atoms with Crippen molar-refractivity contribution < 1.29 is 9.53 Å². The minimum Gasteiger partial charge on any atom is -0.381 e. The second-order valence-electron chi connectivity index (χ2n) is 6.97. The summed E-state index contributed by atoms with van der Waals surface area (Å²) in [5, 5.41) is 0.